The van der Waals surface area contributed by atoms with E-state index in [-0.39, 0.29) is 0 Å². The molecule has 0 bridgehead atoms. The van der Waals surface area contributed by atoms with Gasteiger partial charge in [0.2, 0.25) is 0 Å². The summed E-state index contributed by atoms with van der Waals surface area (Å²) in [4.78, 5) is 4.79. The van der Waals surface area contributed by atoms with Crippen LogP contribution < -0.4 is 0 Å². The topological polar surface area (TPSA) is 12.9 Å². The summed E-state index contributed by atoms with van der Waals surface area (Å²) in [5, 5.41) is 8.77. The lowest BCUT2D eigenvalue weighted by atomic mass is 9.90. The molecule has 0 saturated carbocycles. The summed E-state index contributed by atoms with van der Waals surface area (Å²) >= 11 is 0. The molecule has 6 rings (SSSR count). The summed E-state index contributed by atoms with van der Waals surface area (Å²) in [6.07, 6.45) is 1.89. The molecular formula is C27H17N. The highest BCUT2D eigenvalue weighted by Gasteiger charge is 2.14. The molecule has 28 heavy (non-hydrogen) atoms. The molecule has 1 heteroatoms. The fourth-order valence-electron chi connectivity index (χ4n) is 4.41. The summed E-state index contributed by atoms with van der Waals surface area (Å²) in [6, 6.07) is 34.7. The molecule has 5 aromatic carbocycles. The Bertz CT molecular complexity index is 1510. The molecule has 0 spiro atoms. The van der Waals surface area contributed by atoms with Crippen molar-refractivity contribution in [3.63, 3.8) is 0 Å². The highest BCUT2D eigenvalue weighted by Crippen LogP contribution is 2.40. The van der Waals surface area contributed by atoms with Gasteiger partial charge in [-0.3, -0.25) is 4.98 Å². The van der Waals surface area contributed by atoms with E-state index in [1.54, 1.807) is 0 Å². The van der Waals surface area contributed by atoms with Gasteiger partial charge in [0, 0.05) is 17.1 Å². The minimum atomic E-state index is 1.06. The normalized spacial score (nSPS) is 11.6. The van der Waals surface area contributed by atoms with Gasteiger partial charge in [-0.2, -0.15) is 0 Å². The van der Waals surface area contributed by atoms with Crippen LogP contribution in [0.1, 0.15) is 0 Å². The first kappa shape index (κ1) is 15.4. The largest absolute Gasteiger partial charge is 0.256 e. The number of hydrogen-bond donors (Lipinski definition) is 0. The molecule has 0 N–H and O–H groups in total. The second kappa shape index (κ2) is 5.90. The first-order chi connectivity index (χ1) is 13.9. The van der Waals surface area contributed by atoms with Crippen LogP contribution in [0.4, 0.5) is 0 Å². The zero-order valence-electron chi connectivity index (χ0n) is 15.3. The van der Waals surface area contributed by atoms with Gasteiger partial charge in [-0.1, -0.05) is 84.9 Å². The van der Waals surface area contributed by atoms with Crippen LogP contribution >= 0.6 is 0 Å². The first-order valence-corrected chi connectivity index (χ1v) is 9.57. The molecule has 0 amide bonds. The second-order valence-electron chi connectivity index (χ2n) is 7.24. The van der Waals surface area contributed by atoms with Crippen molar-refractivity contribution in [2.75, 3.05) is 0 Å². The predicted molar refractivity (Wildman–Crippen MR) is 120 cm³/mol. The number of rotatable bonds is 1. The van der Waals surface area contributed by atoms with E-state index >= 15 is 0 Å². The molecule has 0 unspecified atom stereocenters. The molecule has 0 saturated heterocycles. The first-order valence-electron chi connectivity index (χ1n) is 9.57. The van der Waals surface area contributed by atoms with Crippen LogP contribution in [0, 0.1) is 0 Å². The third kappa shape index (κ3) is 2.17. The number of pyridine rings is 1. The van der Waals surface area contributed by atoms with Crippen molar-refractivity contribution in [1.82, 2.24) is 4.98 Å². The molecule has 0 aliphatic carbocycles. The van der Waals surface area contributed by atoms with Gasteiger partial charge in [-0.05, 0) is 50.0 Å². The Morgan fingerprint density at radius 1 is 0.464 bits per heavy atom. The van der Waals surface area contributed by atoms with E-state index in [9.17, 15) is 0 Å². The van der Waals surface area contributed by atoms with Crippen molar-refractivity contribution in [2.45, 2.75) is 0 Å². The van der Waals surface area contributed by atoms with Gasteiger partial charge in [0.05, 0.1) is 5.52 Å². The van der Waals surface area contributed by atoms with Gasteiger partial charge in [0.25, 0.3) is 0 Å². The predicted octanol–water partition coefficient (Wildman–Crippen LogP) is 7.36. The number of hydrogen-bond acceptors (Lipinski definition) is 1. The monoisotopic (exact) mass is 355 g/mol. The van der Waals surface area contributed by atoms with E-state index in [0.29, 0.717) is 0 Å². The Labute approximate surface area is 162 Å². The third-order valence-electron chi connectivity index (χ3n) is 5.67. The van der Waals surface area contributed by atoms with Crippen LogP contribution in [0.15, 0.2) is 103 Å². The van der Waals surface area contributed by atoms with E-state index in [1.807, 2.05) is 12.3 Å². The molecule has 6 aromatic rings. The number of fused-ring (bicyclic) bond motifs is 5. The lowest BCUT2D eigenvalue weighted by Gasteiger charge is -2.15. The quantitative estimate of drug-likeness (QED) is 0.222. The molecule has 0 aliphatic rings. The van der Waals surface area contributed by atoms with Crippen molar-refractivity contribution < 1.29 is 0 Å². The van der Waals surface area contributed by atoms with Gasteiger partial charge >= 0.3 is 0 Å². The van der Waals surface area contributed by atoms with Crippen molar-refractivity contribution in [1.29, 1.82) is 0 Å². The van der Waals surface area contributed by atoms with E-state index in [1.165, 1.54) is 48.8 Å². The van der Waals surface area contributed by atoms with Crippen LogP contribution in [0.5, 0.6) is 0 Å². The zero-order valence-corrected chi connectivity index (χ0v) is 15.3. The van der Waals surface area contributed by atoms with Crippen molar-refractivity contribution in [2.24, 2.45) is 0 Å². The Hall–Kier alpha value is -3.71. The van der Waals surface area contributed by atoms with Crippen LogP contribution in [0.25, 0.3) is 54.3 Å². The fourth-order valence-corrected chi connectivity index (χ4v) is 4.41. The average molecular weight is 355 g/mol. The highest BCUT2D eigenvalue weighted by molar-refractivity contribution is 6.21. The Balaban J connectivity index is 1.88. The van der Waals surface area contributed by atoms with E-state index in [4.69, 9.17) is 4.98 Å². The van der Waals surface area contributed by atoms with E-state index in [2.05, 4.69) is 91.0 Å². The maximum absolute atomic E-state index is 4.79. The molecule has 130 valence electrons. The highest BCUT2D eigenvalue weighted by atomic mass is 14.7. The summed E-state index contributed by atoms with van der Waals surface area (Å²) in [5.41, 5.74) is 3.51. The summed E-state index contributed by atoms with van der Waals surface area (Å²) in [6.45, 7) is 0. The molecule has 0 atom stereocenters. The average Bonchev–Trinajstić information content (AvgIpc) is 2.77. The molecule has 0 aliphatic heterocycles. The third-order valence-corrected chi connectivity index (χ3v) is 5.67. The van der Waals surface area contributed by atoms with Crippen molar-refractivity contribution in [3.05, 3.63) is 103 Å². The second-order valence-corrected chi connectivity index (χ2v) is 7.24. The lowest BCUT2D eigenvalue weighted by molar-refractivity contribution is 1.42. The summed E-state index contributed by atoms with van der Waals surface area (Å²) < 4.78 is 0. The SMILES string of the molecule is c1ccc2c(-c3c4ccc5ccccc5c4cc4cccnc34)cccc2c1. The maximum atomic E-state index is 4.79. The zero-order chi connectivity index (χ0) is 18.5. The van der Waals surface area contributed by atoms with Crippen molar-refractivity contribution >= 4 is 43.2 Å². The van der Waals surface area contributed by atoms with Gasteiger partial charge in [0.1, 0.15) is 0 Å². The van der Waals surface area contributed by atoms with Crippen LogP contribution in [-0.2, 0) is 0 Å². The molecule has 1 heterocycles. The molecule has 1 nitrogen and oxygen atoms in total. The summed E-state index contributed by atoms with van der Waals surface area (Å²) in [5.74, 6) is 0. The Morgan fingerprint density at radius 3 is 2.07 bits per heavy atom. The molecule has 1 aromatic heterocycles. The van der Waals surface area contributed by atoms with Gasteiger partial charge in [-0.15, -0.1) is 0 Å². The number of nitrogens with zero attached hydrogens (tertiary/aromatic N) is 1. The Morgan fingerprint density at radius 2 is 1.18 bits per heavy atom. The lowest BCUT2D eigenvalue weighted by Crippen LogP contribution is -1.90. The van der Waals surface area contributed by atoms with E-state index < -0.39 is 0 Å². The maximum Gasteiger partial charge on any atom is 0.0786 e. The van der Waals surface area contributed by atoms with Crippen LogP contribution in [-0.4, -0.2) is 4.98 Å². The number of benzene rings is 5. The summed E-state index contributed by atoms with van der Waals surface area (Å²) in [7, 11) is 0. The van der Waals surface area contributed by atoms with Crippen LogP contribution in [0.2, 0.25) is 0 Å². The van der Waals surface area contributed by atoms with E-state index in [0.717, 1.165) is 5.52 Å². The Kier molecular flexibility index (Phi) is 3.24. The van der Waals surface area contributed by atoms with Crippen LogP contribution in [0.3, 0.4) is 0 Å². The minimum absolute atomic E-state index is 1.06. The van der Waals surface area contributed by atoms with Gasteiger partial charge < -0.3 is 0 Å². The smallest absolute Gasteiger partial charge is 0.0786 e. The standard InChI is InChI=1S/C27H17N/c1-3-11-21-18(7-1)9-5-13-23(21)26-24-15-14-19-8-2-4-12-22(19)25(24)17-20-10-6-16-28-27(20)26/h1-17H. The minimum Gasteiger partial charge on any atom is -0.256 e. The fraction of sp³-hybridized carbons (Fsp3) is 0. The van der Waals surface area contributed by atoms with Gasteiger partial charge in [-0.25, -0.2) is 0 Å². The molecule has 0 fully saturated rings. The molecular weight excluding hydrogens is 338 g/mol. The van der Waals surface area contributed by atoms with Crippen molar-refractivity contribution in [3.8, 4) is 11.1 Å². The van der Waals surface area contributed by atoms with Gasteiger partial charge in [0.15, 0.2) is 0 Å². The number of aromatic nitrogens is 1. The molecule has 0 radical (unpaired) electrons.